The lowest BCUT2D eigenvalue weighted by atomic mass is 10.0. The van der Waals surface area contributed by atoms with E-state index in [1.165, 1.54) is 24.0 Å². The molecule has 0 radical (unpaired) electrons. The Kier molecular flexibility index (Phi) is 2.03. The van der Waals surface area contributed by atoms with E-state index in [9.17, 15) is 0 Å². The number of hydrogen-bond donors (Lipinski definition) is 0. The molecule has 0 saturated carbocycles. The summed E-state index contributed by atoms with van der Waals surface area (Å²) in [6.07, 6.45) is 9.98. The maximum Gasteiger partial charge on any atom is 0.118 e. The molecule has 64 valence electrons. The third kappa shape index (κ3) is 1.45. The molecule has 1 heteroatoms. The predicted molar refractivity (Wildman–Crippen MR) is 49.7 cm³/mol. The fourth-order valence-electron chi connectivity index (χ4n) is 1.62. The second-order valence-electron chi connectivity index (χ2n) is 3.41. The predicted octanol–water partition coefficient (Wildman–Crippen LogP) is 2.96. The van der Waals surface area contributed by atoms with Gasteiger partial charge in [0.15, 0.2) is 0 Å². The second-order valence-corrected chi connectivity index (χ2v) is 3.41. The van der Waals surface area contributed by atoms with Gasteiger partial charge < -0.3 is 4.74 Å². The van der Waals surface area contributed by atoms with Crippen LogP contribution in [0.25, 0.3) is 0 Å². The molecule has 1 heterocycles. The van der Waals surface area contributed by atoms with Crippen molar-refractivity contribution in [1.29, 1.82) is 0 Å². The maximum absolute atomic E-state index is 5.57. The van der Waals surface area contributed by atoms with E-state index in [1.807, 2.05) is 0 Å². The van der Waals surface area contributed by atoms with Crippen LogP contribution in [0.3, 0.4) is 0 Å². The lowest BCUT2D eigenvalue weighted by molar-refractivity contribution is 0.199. The van der Waals surface area contributed by atoms with Gasteiger partial charge in [-0.05, 0) is 37.8 Å². The van der Waals surface area contributed by atoms with Gasteiger partial charge in [0.2, 0.25) is 0 Å². The third-order valence-corrected chi connectivity index (χ3v) is 2.40. The van der Waals surface area contributed by atoms with Gasteiger partial charge in [0.1, 0.15) is 5.76 Å². The topological polar surface area (TPSA) is 9.23 Å². The standard InChI is InChI=1S/C11H14O/c1-9-4-6-10-3-2-8-12-11(10)7-5-9/h4-5,7H,2-3,6,8H2,1H3. The number of allylic oxidation sites excluding steroid dienone is 5. The van der Waals surface area contributed by atoms with Gasteiger partial charge in [0.05, 0.1) is 6.61 Å². The molecule has 0 aromatic heterocycles. The van der Waals surface area contributed by atoms with Crippen molar-refractivity contribution in [2.24, 2.45) is 0 Å². The van der Waals surface area contributed by atoms with Crippen LogP contribution in [0, 0.1) is 0 Å². The van der Waals surface area contributed by atoms with E-state index >= 15 is 0 Å². The minimum Gasteiger partial charge on any atom is -0.494 e. The third-order valence-electron chi connectivity index (χ3n) is 2.40. The Morgan fingerprint density at radius 2 is 2.25 bits per heavy atom. The van der Waals surface area contributed by atoms with Gasteiger partial charge in [-0.2, -0.15) is 0 Å². The fourth-order valence-corrected chi connectivity index (χ4v) is 1.62. The molecule has 1 nitrogen and oxygen atoms in total. The van der Waals surface area contributed by atoms with Crippen LogP contribution in [0.1, 0.15) is 26.2 Å². The molecule has 0 aromatic carbocycles. The number of rotatable bonds is 0. The van der Waals surface area contributed by atoms with Crippen molar-refractivity contribution in [3.8, 4) is 0 Å². The highest BCUT2D eigenvalue weighted by Crippen LogP contribution is 2.26. The molecule has 1 aliphatic heterocycles. The van der Waals surface area contributed by atoms with Crippen LogP contribution >= 0.6 is 0 Å². The van der Waals surface area contributed by atoms with Crippen molar-refractivity contribution in [3.63, 3.8) is 0 Å². The Hall–Kier alpha value is -0.980. The van der Waals surface area contributed by atoms with E-state index < -0.39 is 0 Å². The highest BCUT2D eigenvalue weighted by atomic mass is 16.5. The van der Waals surface area contributed by atoms with E-state index in [-0.39, 0.29) is 0 Å². The Morgan fingerprint density at radius 3 is 3.17 bits per heavy atom. The first-order valence-corrected chi connectivity index (χ1v) is 4.56. The van der Waals surface area contributed by atoms with Crippen molar-refractivity contribution in [2.45, 2.75) is 26.2 Å². The van der Waals surface area contributed by atoms with Gasteiger partial charge >= 0.3 is 0 Å². The SMILES string of the molecule is CC1=CCC2=C(C=C1)OCCC2. The van der Waals surface area contributed by atoms with Gasteiger partial charge in [-0.25, -0.2) is 0 Å². The Labute approximate surface area is 73.4 Å². The summed E-state index contributed by atoms with van der Waals surface area (Å²) in [5.41, 5.74) is 2.81. The molecule has 0 atom stereocenters. The van der Waals surface area contributed by atoms with E-state index in [1.54, 1.807) is 0 Å². The molecule has 0 saturated heterocycles. The normalized spacial score (nSPS) is 22.6. The van der Waals surface area contributed by atoms with Crippen molar-refractivity contribution >= 4 is 0 Å². The highest BCUT2D eigenvalue weighted by molar-refractivity contribution is 5.33. The number of ether oxygens (including phenoxy) is 1. The maximum atomic E-state index is 5.57. The van der Waals surface area contributed by atoms with Crippen LogP contribution in [-0.4, -0.2) is 6.61 Å². The molecule has 0 N–H and O–H groups in total. The lowest BCUT2D eigenvalue weighted by Gasteiger charge is -2.17. The van der Waals surface area contributed by atoms with Gasteiger partial charge in [0, 0.05) is 0 Å². The molecule has 12 heavy (non-hydrogen) atoms. The Morgan fingerprint density at radius 1 is 1.33 bits per heavy atom. The minimum atomic E-state index is 0.891. The van der Waals surface area contributed by atoms with Gasteiger partial charge in [-0.3, -0.25) is 0 Å². The highest BCUT2D eigenvalue weighted by Gasteiger charge is 2.11. The summed E-state index contributed by atoms with van der Waals surface area (Å²) in [5.74, 6) is 1.12. The first-order chi connectivity index (χ1) is 5.86. The van der Waals surface area contributed by atoms with Gasteiger partial charge in [-0.15, -0.1) is 0 Å². The summed E-state index contributed by atoms with van der Waals surface area (Å²) in [6.45, 7) is 3.02. The van der Waals surface area contributed by atoms with E-state index in [0.717, 1.165) is 18.8 Å². The first kappa shape index (κ1) is 7.66. The van der Waals surface area contributed by atoms with Crippen molar-refractivity contribution < 1.29 is 4.74 Å². The van der Waals surface area contributed by atoms with Crippen LogP contribution in [0.4, 0.5) is 0 Å². The molecule has 0 bridgehead atoms. The molecule has 2 rings (SSSR count). The zero-order valence-corrected chi connectivity index (χ0v) is 7.47. The monoisotopic (exact) mass is 162 g/mol. The average molecular weight is 162 g/mol. The van der Waals surface area contributed by atoms with E-state index in [0.29, 0.717) is 0 Å². The van der Waals surface area contributed by atoms with Gasteiger partial charge in [0.25, 0.3) is 0 Å². The summed E-state index contributed by atoms with van der Waals surface area (Å²) in [4.78, 5) is 0. The molecule has 0 amide bonds. The Balaban J connectivity index is 2.26. The molecule has 0 aromatic rings. The molecular weight excluding hydrogens is 148 g/mol. The fraction of sp³-hybridized carbons (Fsp3) is 0.455. The van der Waals surface area contributed by atoms with Crippen LogP contribution in [-0.2, 0) is 4.74 Å². The van der Waals surface area contributed by atoms with Crippen molar-refractivity contribution in [2.75, 3.05) is 6.61 Å². The van der Waals surface area contributed by atoms with E-state index in [4.69, 9.17) is 4.74 Å². The van der Waals surface area contributed by atoms with E-state index in [2.05, 4.69) is 25.2 Å². The minimum absolute atomic E-state index is 0.891. The van der Waals surface area contributed by atoms with Crippen molar-refractivity contribution in [3.05, 3.63) is 35.1 Å². The molecule has 2 aliphatic rings. The lowest BCUT2D eigenvalue weighted by Crippen LogP contribution is -2.04. The second kappa shape index (κ2) is 3.18. The van der Waals surface area contributed by atoms with Gasteiger partial charge in [-0.1, -0.05) is 17.7 Å². The van der Waals surface area contributed by atoms with Crippen molar-refractivity contribution in [1.82, 2.24) is 0 Å². The van der Waals surface area contributed by atoms with Crippen LogP contribution in [0.2, 0.25) is 0 Å². The van der Waals surface area contributed by atoms with Crippen LogP contribution < -0.4 is 0 Å². The molecule has 0 fully saturated rings. The summed E-state index contributed by atoms with van der Waals surface area (Å²) < 4.78 is 5.57. The molecule has 0 spiro atoms. The summed E-state index contributed by atoms with van der Waals surface area (Å²) in [7, 11) is 0. The summed E-state index contributed by atoms with van der Waals surface area (Å²) in [5, 5.41) is 0. The average Bonchev–Trinajstić information content (AvgIpc) is 2.29. The summed E-state index contributed by atoms with van der Waals surface area (Å²) >= 11 is 0. The largest absolute Gasteiger partial charge is 0.494 e. The smallest absolute Gasteiger partial charge is 0.118 e. The zero-order chi connectivity index (χ0) is 8.39. The quantitative estimate of drug-likeness (QED) is 0.532. The van der Waals surface area contributed by atoms with Crippen LogP contribution in [0.5, 0.6) is 0 Å². The summed E-state index contributed by atoms with van der Waals surface area (Å²) in [6, 6.07) is 0. The Bertz CT molecular complexity index is 269. The zero-order valence-electron chi connectivity index (χ0n) is 7.47. The first-order valence-electron chi connectivity index (χ1n) is 4.56. The molecular formula is C11H14O. The number of hydrogen-bond acceptors (Lipinski definition) is 1. The molecule has 0 unspecified atom stereocenters. The molecule has 1 aliphatic carbocycles. The van der Waals surface area contributed by atoms with Crippen LogP contribution in [0.15, 0.2) is 35.1 Å².